The number of nitrogens with zero attached hydrogens (tertiary/aromatic N) is 3. The van der Waals surface area contributed by atoms with Gasteiger partial charge in [-0.2, -0.15) is 0 Å². The summed E-state index contributed by atoms with van der Waals surface area (Å²) in [5.74, 6) is -1.43. The molecule has 5 aromatic rings. The van der Waals surface area contributed by atoms with Crippen LogP contribution in [-0.4, -0.2) is 65.0 Å². The van der Waals surface area contributed by atoms with Gasteiger partial charge in [-0.25, -0.2) is 0 Å². The summed E-state index contributed by atoms with van der Waals surface area (Å²) >= 11 is 0. The van der Waals surface area contributed by atoms with E-state index in [0.717, 1.165) is 46.7 Å². The first kappa shape index (κ1) is 29.3. The van der Waals surface area contributed by atoms with Gasteiger partial charge in [0.25, 0.3) is 23.6 Å². The van der Waals surface area contributed by atoms with Crippen molar-refractivity contribution in [2.75, 3.05) is 18.0 Å². The monoisotopic (exact) mass is 625 g/mol. The van der Waals surface area contributed by atoms with Crippen molar-refractivity contribution in [2.24, 2.45) is 0 Å². The summed E-state index contributed by atoms with van der Waals surface area (Å²) in [6, 6.07) is 24.8. The second kappa shape index (κ2) is 11.0. The van der Waals surface area contributed by atoms with E-state index in [9.17, 15) is 19.2 Å². The third-order valence-corrected chi connectivity index (χ3v) is 9.92. The van der Waals surface area contributed by atoms with Gasteiger partial charge in [0.2, 0.25) is 0 Å². The highest BCUT2D eigenvalue weighted by Crippen LogP contribution is 2.39. The Hall–Kier alpha value is -5.12. The van der Waals surface area contributed by atoms with Crippen molar-refractivity contribution in [3.8, 4) is 0 Å². The molecule has 0 saturated carbocycles. The van der Waals surface area contributed by atoms with E-state index in [0.29, 0.717) is 39.4 Å². The summed E-state index contributed by atoms with van der Waals surface area (Å²) in [5, 5.41) is 11.7. The van der Waals surface area contributed by atoms with Crippen LogP contribution >= 0.6 is 0 Å². The molecule has 1 fully saturated rings. The summed E-state index contributed by atoms with van der Waals surface area (Å²) in [4.78, 5) is 60.7. The third-order valence-electron chi connectivity index (χ3n) is 9.92. The predicted molar refractivity (Wildman–Crippen MR) is 183 cm³/mol. The first-order valence-corrected chi connectivity index (χ1v) is 16.3. The lowest BCUT2D eigenvalue weighted by Gasteiger charge is -2.38. The van der Waals surface area contributed by atoms with E-state index in [1.807, 2.05) is 61.5 Å². The Morgan fingerprint density at radius 3 is 1.85 bits per heavy atom. The van der Waals surface area contributed by atoms with Gasteiger partial charge >= 0.3 is 0 Å². The number of imide groups is 2. The second-order valence-electron chi connectivity index (χ2n) is 12.7. The van der Waals surface area contributed by atoms with E-state index < -0.39 is 18.5 Å². The highest BCUT2D eigenvalue weighted by atomic mass is 16.2. The first-order chi connectivity index (χ1) is 22.8. The molecule has 0 aliphatic carbocycles. The predicted octanol–water partition coefficient (Wildman–Crippen LogP) is 5.86. The number of rotatable bonds is 8. The minimum atomic E-state index is -0.697. The quantitative estimate of drug-likeness (QED) is 0.127. The van der Waals surface area contributed by atoms with Crippen LogP contribution in [0.1, 0.15) is 75.0 Å². The topological polar surface area (TPSA) is 102 Å². The molecule has 5 aromatic carbocycles. The van der Waals surface area contributed by atoms with E-state index in [-0.39, 0.29) is 23.6 Å². The van der Waals surface area contributed by atoms with Crippen molar-refractivity contribution in [1.29, 1.82) is 0 Å². The van der Waals surface area contributed by atoms with Gasteiger partial charge in [-0.05, 0) is 78.6 Å². The van der Waals surface area contributed by atoms with Gasteiger partial charge in [0, 0.05) is 40.7 Å². The molecule has 9 nitrogen and oxygen atoms in total. The van der Waals surface area contributed by atoms with Gasteiger partial charge in [0.15, 0.2) is 0 Å². The highest BCUT2D eigenvalue weighted by Gasteiger charge is 2.40. The fourth-order valence-electron chi connectivity index (χ4n) is 7.45. The highest BCUT2D eigenvalue weighted by molar-refractivity contribution is 6.31. The van der Waals surface area contributed by atoms with E-state index >= 15 is 0 Å². The van der Waals surface area contributed by atoms with Crippen molar-refractivity contribution in [3.63, 3.8) is 0 Å². The molecule has 2 N–H and O–H groups in total. The van der Waals surface area contributed by atoms with Gasteiger partial charge in [-0.3, -0.25) is 39.6 Å². The summed E-state index contributed by atoms with van der Waals surface area (Å²) < 4.78 is 0. The number of hydrogen-bond donors (Lipinski definition) is 2. The fraction of sp³-hybridized carbons (Fsp3) is 0.263. The van der Waals surface area contributed by atoms with E-state index in [1.54, 1.807) is 26.0 Å². The van der Waals surface area contributed by atoms with Gasteiger partial charge in [0.1, 0.15) is 0 Å². The van der Waals surface area contributed by atoms with Crippen LogP contribution in [0.5, 0.6) is 0 Å². The third kappa shape index (κ3) is 4.45. The number of carbonyl (C=O) groups is 4. The van der Waals surface area contributed by atoms with Crippen LogP contribution in [0.25, 0.3) is 32.3 Å². The zero-order valence-corrected chi connectivity index (χ0v) is 26.5. The molecule has 0 aromatic heterocycles. The van der Waals surface area contributed by atoms with Crippen LogP contribution in [-0.2, 0) is 0 Å². The molecule has 3 aliphatic heterocycles. The Morgan fingerprint density at radius 2 is 1.23 bits per heavy atom. The number of hydrogen-bond acceptors (Lipinski definition) is 7. The van der Waals surface area contributed by atoms with Crippen LogP contribution in [0.15, 0.2) is 78.9 Å². The minimum Gasteiger partial charge on any atom is -0.371 e. The van der Waals surface area contributed by atoms with Gasteiger partial charge in [0.05, 0.1) is 29.6 Å². The van der Waals surface area contributed by atoms with Crippen LogP contribution < -0.4 is 15.5 Å². The van der Waals surface area contributed by atoms with Crippen LogP contribution in [0.3, 0.4) is 0 Å². The lowest BCUT2D eigenvalue weighted by molar-refractivity contribution is 0.0473. The standard InChI is InChI=1S/C38H35N5O4/c1-4-31(39-21(2)42-35(44)28-14-7-11-23-12-8-15-29(32(23)28)36(42)45)40-22(3)43-37(46)30-20-26(41-16-9-17-41)19-25-18-24-10-5-6-13-27(24)34(33(25)30)38(43)47/h5-8,10-15,18-22,31,39-40H,4,9,16-17H2,1-3H3. The molecule has 3 atom stereocenters. The Bertz CT molecular complexity index is 2120. The normalized spacial score (nSPS) is 17.9. The maximum Gasteiger partial charge on any atom is 0.263 e. The molecule has 9 heteroatoms. The Kier molecular flexibility index (Phi) is 6.86. The van der Waals surface area contributed by atoms with Crippen LogP contribution in [0.2, 0.25) is 0 Å². The zero-order chi connectivity index (χ0) is 32.6. The van der Waals surface area contributed by atoms with Crippen LogP contribution in [0, 0.1) is 0 Å². The summed E-state index contributed by atoms with van der Waals surface area (Å²) in [7, 11) is 0. The Labute approximate surface area is 272 Å². The van der Waals surface area contributed by atoms with E-state index in [1.165, 1.54) is 9.80 Å². The lowest BCUT2D eigenvalue weighted by atomic mass is 9.88. The fourth-order valence-corrected chi connectivity index (χ4v) is 7.45. The molecule has 4 amide bonds. The van der Waals surface area contributed by atoms with Crippen molar-refractivity contribution in [2.45, 2.75) is 52.1 Å². The second-order valence-corrected chi connectivity index (χ2v) is 12.7. The van der Waals surface area contributed by atoms with Gasteiger partial charge in [-0.15, -0.1) is 0 Å². The van der Waals surface area contributed by atoms with Crippen molar-refractivity contribution in [1.82, 2.24) is 20.4 Å². The SMILES string of the molecule is CCC(NC(C)N1C(=O)c2cccc3cccc(c23)C1=O)NC(C)N1C(=O)c2cc(N3CCC3)cc3cc4ccccc4c(c23)C1=O. The molecule has 47 heavy (non-hydrogen) atoms. The van der Waals surface area contributed by atoms with Crippen LogP contribution in [0.4, 0.5) is 5.69 Å². The van der Waals surface area contributed by atoms with E-state index in [4.69, 9.17) is 0 Å². The van der Waals surface area contributed by atoms with Crippen molar-refractivity contribution >= 4 is 61.6 Å². The molecule has 8 rings (SSSR count). The van der Waals surface area contributed by atoms with Gasteiger partial charge in [-0.1, -0.05) is 55.5 Å². The maximum absolute atomic E-state index is 14.3. The molecule has 0 bridgehead atoms. The average Bonchev–Trinajstić information content (AvgIpc) is 3.04. The van der Waals surface area contributed by atoms with Gasteiger partial charge < -0.3 is 4.90 Å². The Balaban J connectivity index is 1.09. The Morgan fingerprint density at radius 1 is 0.638 bits per heavy atom. The van der Waals surface area contributed by atoms with E-state index in [2.05, 4.69) is 27.7 Å². The molecule has 3 unspecified atom stereocenters. The zero-order valence-electron chi connectivity index (χ0n) is 26.5. The lowest BCUT2D eigenvalue weighted by Crippen LogP contribution is -2.61. The summed E-state index contributed by atoms with van der Waals surface area (Å²) in [6.45, 7) is 7.40. The smallest absolute Gasteiger partial charge is 0.263 e. The molecule has 1 saturated heterocycles. The molecule has 3 heterocycles. The minimum absolute atomic E-state index is 0.348. The summed E-state index contributed by atoms with van der Waals surface area (Å²) in [6.07, 6.45) is -0.140. The number of anilines is 1. The largest absolute Gasteiger partial charge is 0.371 e. The maximum atomic E-state index is 14.3. The van der Waals surface area contributed by atoms with Crippen molar-refractivity contribution in [3.05, 3.63) is 101 Å². The average molecular weight is 626 g/mol. The molecule has 0 spiro atoms. The number of carbonyl (C=O) groups excluding carboxylic acids is 4. The molecule has 0 radical (unpaired) electrons. The molecule has 3 aliphatic rings. The number of benzene rings is 5. The first-order valence-electron chi connectivity index (χ1n) is 16.3. The molecular formula is C38H35N5O4. The summed E-state index contributed by atoms with van der Waals surface area (Å²) in [5.41, 5.74) is 3.01. The molecular weight excluding hydrogens is 590 g/mol. The number of nitrogens with one attached hydrogen (secondary N) is 2. The van der Waals surface area contributed by atoms with Crippen molar-refractivity contribution < 1.29 is 19.2 Å². The number of fused-ring (bicyclic) bond motifs is 2. The molecule has 236 valence electrons. The number of amides is 4.